The third kappa shape index (κ3) is 5.46. The molecule has 1 aliphatic heterocycles. The molecule has 188 valence electrons. The van der Waals surface area contributed by atoms with Crippen LogP contribution in [0.25, 0.3) is 22.5 Å². The van der Waals surface area contributed by atoms with E-state index in [2.05, 4.69) is 89.0 Å². The summed E-state index contributed by atoms with van der Waals surface area (Å²) < 4.78 is 2.30. The zero-order valence-electron chi connectivity index (χ0n) is 21.7. The first-order chi connectivity index (χ1) is 17.6. The molecule has 0 unspecified atom stereocenters. The molecule has 3 aromatic rings. The zero-order valence-corrected chi connectivity index (χ0v) is 21.7. The number of nitrogens with zero attached hydrogens (tertiary/aromatic N) is 4. The van der Waals surface area contributed by atoms with Gasteiger partial charge in [-0.05, 0) is 62.9 Å². The van der Waals surface area contributed by atoms with Crippen LogP contribution in [0, 0.1) is 12.8 Å². The summed E-state index contributed by atoms with van der Waals surface area (Å²) in [7, 11) is 2.20. The molecule has 2 aromatic heterocycles. The first-order valence-corrected chi connectivity index (χ1v) is 13.5. The Morgan fingerprint density at radius 2 is 1.64 bits per heavy atom. The van der Waals surface area contributed by atoms with Gasteiger partial charge in [0.25, 0.3) is 0 Å². The van der Waals surface area contributed by atoms with Crippen molar-refractivity contribution in [2.75, 3.05) is 38.1 Å². The summed E-state index contributed by atoms with van der Waals surface area (Å²) in [6.07, 6.45) is 17.3. The monoisotopic (exact) mass is 482 g/mol. The van der Waals surface area contributed by atoms with Crippen LogP contribution in [0.5, 0.6) is 0 Å². The molecule has 0 amide bonds. The predicted molar refractivity (Wildman–Crippen MR) is 149 cm³/mol. The Morgan fingerprint density at radius 3 is 2.28 bits per heavy atom. The Kier molecular flexibility index (Phi) is 7.66. The van der Waals surface area contributed by atoms with E-state index in [0.29, 0.717) is 5.92 Å². The summed E-state index contributed by atoms with van der Waals surface area (Å²) in [5.41, 5.74) is 7.13. The minimum atomic E-state index is 0.417. The number of hydrogen-bond acceptors (Lipinski definition) is 4. The van der Waals surface area contributed by atoms with E-state index in [1.54, 1.807) is 0 Å². The van der Waals surface area contributed by atoms with Crippen molar-refractivity contribution in [3.05, 3.63) is 72.0 Å². The van der Waals surface area contributed by atoms with Crippen LogP contribution < -0.4 is 4.90 Å². The van der Waals surface area contributed by atoms with E-state index in [9.17, 15) is 4.79 Å². The highest BCUT2D eigenvalue weighted by Gasteiger charge is 2.23. The van der Waals surface area contributed by atoms with E-state index < -0.39 is 0 Å². The fourth-order valence-corrected chi connectivity index (χ4v) is 5.35. The maximum Gasteiger partial charge on any atom is 0.141 e. The number of fused-ring (bicyclic) bond motifs is 1. The van der Waals surface area contributed by atoms with Gasteiger partial charge in [0, 0.05) is 43.9 Å². The van der Waals surface area contributed by atoms with Gasteiger partial charge in [-0.25, -0.2) is 4.98 Å². The number of allylic oxidation sites excluding steroid dienone is 4. The molecule has 3 aliphatic rings. The normalized spacial score (nSPS) is 18.7. The molecular weight excluding hydrogens is 444 g/mol. The number of aromatic nitrogens is 2. The van der Waals surface area contributed by atoms with Crippen molar-refractivity contribution in [3.8, 4) is 11.3 Å². The molecule has 1 aromatic carbocycles. The molecule has 2 fully saturated rings. The number of aryl methyl sites for hydroxylation is 1. The molecule has 5 nitrogen and oxygen atoms in total. The average Bonchev–Trinajstić information content (AvgIpc) is 3.58. The summed E-state index contributed by atoms with van der Waals surface area (Å²) >= 11 is 0. The Balaban J connectivity index is 0.000000330. The topological polar surface area (TPSA) is 40.9 Å². The molecule has 0 spiro atoms. The highest BCUT2D eigenvalue weighted by Crippen LogP contribution is 2.34. The molecule has 1 saturated heterocycles. The highest BCUT2D eigenvalue weighted by atomic mass is 16.1. The van der Waals surface area contributed by atoms with Gasteiger partial charge in [0.2, 0.25) is 0 Å². The fourth-order valence-electron chi connectivity index (χ4n) is 5.35. The molecule has 0 atom stereocenters. The van der Waals surface area contributed by atoms with Crippen LogP contribution in [0.15, 0.2) is 60.8 Å². The molecular formula is C31H38N4O. The first-order valence-electron chi connectivity index (χ1n) is 13.5. The number of rotatable bonds is 4. The van der Waals surface area contributed by atoms with Crippen molar-refractivity contribution in [1.82, 2.24) is 14.3 Å². The zero-order chi connectivity index (χ0) is 24.9. The van der Waals surface area contributed by atoms with Crippen LogP contribution in [0.4, 0.5) is 5.82 Å². The van der Waals surface area contributed by atoms with Crippen molar-refractivity contribution >= 4 is 23.3 Å². The Morgan fingerprint density at radius 1 is 0.917 bits per heavy atom. The van der Waals surface area contributed by atoms with Gasteiger partial charge in [-0.1, -0.05) is 60.9 Å². The summed E-state index contributed by atoms with van der Waals surface area (Å²) in [6.45, 7) is 6.33. The van der Waals surface area contributed by atoms with Gasteiger partial charge >= 0.3 is 0 Å². The third-order valence-electron chi connectivity index (χ3n) is 7.64. The summed E-state index contributed by atoms with van der Waals surface area (Å²) in [4.78, 5) is 20.0. The summed E-state index contributed by atoms with van der Waals surface area (Å²) in [5, 5.41) is 0. The third-order valence-corrected chi connectivity index (χ3v) is 7.64. The lowest BCUT2D eigenvalue weighted by atomic mass is 10.0. The molecule has 0 radical (unpaired) electrons. The predicted octanol–water partition coefficient (Wildman–Crippen LogP) is 6.17. The quantitative estimate of drug-likeness (QED) is 0.417. The van der Waals surface area contributed by atoms with Crippen LogP contribution in [-0.2, 0) is 4.79 Å². The smallest absolute Gasteiger partial charge is 0.141 e. The Bertz CT molecular complexity index is 1240. The minimum absolute atomic E-state index is 0.417. The highest BCUT2D eigenvalue weighted by molar-refractivity contribution is 5.80. The standard InChI is InChI=1S/C25H28N4.C6H10O/c1-19-8-10-21(11-9-19)24-25(28-16-14-27(2)15-17-28)29-18-22(12-13-23(29)26-24)20-6-4-3-5-7-20;7-5-6-3-1-2-4-6/h4,6-13,18H,3,5,14-17H2,1-2H3;5-6H,1-4H2. The Labute approximate surface area is 215 Å². The second kappa shape index (κ2) is 11.3. The molecule has 6 rings (SSSR count). The fraction of sp³-hybridized carbons (Fsp3) is 0.419. The maximum absolute atomic E-state index is 10.0. The van der Waals surface area contributed by atoms with Gasteiger partial charge in [0.15, 0.2) is 0 Å². The van der Waals surface area contributed by atoms with Crippen LogP contribution in [0.1, 0.15) is 49.7 Å². The molecule has 5 heteroatoms. The molecule has 0 bridgehead atoms. The first kappa shape index (κ1) is 24.5. The SMILES string of the molecule is Cc1ccc(-c2nc3ccc(C4=CCCC=C4)cn3c2N2CCN(C)CC2)cc1.O=CC1CCCC1. The van der Waals surface area contributed by atoms with Crippen molar-refractivity contribution in [2.24, 2.45) is 5.92 Å². The number of imidazole rings is 1. The van der Waals surface area contributed by atoms with E-state index in [1.165, 1.54) is 40.9 Å². The molecule has 2 aliphatic carbocycles. The molecule has 36 heavy (non-hydrogen) atoms. The van der Waals surface area contributed by atoms with Crippen molar-refractivity contribution in [1.29, 1.82) is 0 Å². The second-order valence-corrected chi connectivity index (χ2v) is 10.4. The number of anilines is 1. The number of carbonyl (C=O) groups is 1. The maximum atomic E-state index is 10.0. The van der Waals surface area contributed by atoms with Gasteiger partial charge in [-0.3, -0.25) is 4.40 Å². The van der Waals surface area contributed by atoms with Gasteiger partial charge < -0.3 is 14.6 Å². The van der Waals surface area contributed by atoms with E-state index >= 15 is 0 Å². The van der Waals surface area contributed by atoms with Crippen molar-refractivity contribution < 1.29 is 4.79 Å². The lowest BCUT2D eigenvalue weighted by molar-refractivity contribution is -0.110. The Hall–Kier alpha value is -3.18. The van der Waals surface area contributed by atoms with E-state index in [-0.39, 0.29) is 0 Å². The number of piperazine rings is 1. The van der Waals surface area contributed by atoms with Crippen molar-refractivity contribution in [2.45, 2.75) is 45.4 Å². The number of benzene rings is 1. The van der Waals surface area contributed by atoms with Crippen LogP contribution >= 0.6 is 0 Å². The van der Waals surface area contributed by atoms with Crippen LogP contribution in [0.2, 0.25) is 0 Å². The van der Waals surface area contributed by atoms with Gasteiger partial charge in [-0.2, -0.15) is 0 Å². The van der Waals surface area contributed by atoms with E-state index in [1.807, 2.05) is 0 Å². The number of carbonyl (C=O) groups excluding carboxylic acids is 1. The second-order valence-electron chi connectivity index (χ2n) is 10.4. The van der Waals surface area contributed by atoms with Crippen molar-refractivity contribution in [3.63, 3.8) is 0 Å². The largest absolute Gasteiger partial charge is 0.353 e. The lowest BCUT2D eigenvalue weighted by Crippen LogP contribution is -2.45. The van der Waals surface area contributed by atoms with Gasteiger partial charge in [0.1, 0.15) is 23.4 Å². The minimum Gasteiger partial charge on any atom is -0.353 e. The van der Waals surface area contributed by atoms with E-state index in [4.69, 9.17) is 4.98 Å². The van der Waals surface area contributed by atoms with Crippen LogP contribution in [-0.4, -0.2) is 53.8 Å². The molecule has 0 N–H and O–H groups in total. The van der Waals surface area contributed by atoms with Gasteiger partial charge in [-0.15, -0.1) is 0 Å². The summed E-state index contributed by atoms with van der Waals surface area (Å²) in [6, 6.07) is 13.1. The average molecular weight is 483 g/mol. The lowest BCUT2D eigenvalue weighted by Gasteiger charge is -2.34. The summed E-state index contributed by atoms with van der Waals surface area (Å²) in [5.74, 6) is 1.64. The van der Waals surface area contributed by atoms with Gasteiger partial charge in [0.05, 0.1) is 0 Å². The number of aldehydes is 1. The molecule has 1 saturated carbocycles. The van der Waals surface area contributed by atoms with E-state index in [0.717, 1.165) is 69.5 Å². The number of likely N-dealkylation sites (N-methyl/N-ethyl adjacent to an activating group) is 1. The molecule has 3 heterocycles. The number of pyridine rings is 1. The number of hydrogen-bond donors (Lipinski definition) is 0. The van der Waals surface area contributed by atoms with Crippen LogP contribution in [0.3, 0.4) is 0 Å².